The monoisotopic (exact) mass is 233 g/mol. The highest BCUT2D eigenvalue weighted by atomic mass is 16.5. The third-order valence-electron chi connectivity index (χ3n) is 2.53. The molecule has 0 aromatic carbocycles. The molecule has 0 spiro atoms. The second kappa shape index (κ2) is 4.97. The maximum atomic E-state index is 11.5. The lowest BCUT2D eigenvalue weighted by molar-refractivity contribution is 0.302. The van der Waals surface area contributed by atoms with Gasteiger partial charge in [-0.15, -0.1) is 0 Å². The Morgan fingerprint density at radius 2 is 2.12 bits per heavy atom. The Balaban J connectivity index is 2.35. The molecule has 5 nitrogen and oxygen atoms in total. The molecule has 0 fully saturated rings. The van der Waals surface area contributed by atoms with Gasteiger partial charge in [-0.1, -0.05) is 0 Å². The molecular formula is C12H15N3O2. The molecule has 0 atom stereocenters. The number of nitrogens with two attached hydrogens (primary N) is 1. The molecule has 5 heteroatoms. The van der Waals surface area contributed by atoms with Gasteiger partial charge in [0.1, 0.15) is 5.65 Å². The van der Waals surface area contributed by atoms with Crippen molar-refractivity contribution in [2.24, 2.45) is 12.8 Å². The van der Waals surface area contributed by atoms with Crippen LogP contribution in [-0.2, 0) is 7.05 Å². The predicted molar refractivity (Wildman–Crippen MR) is 66.2 cm³/mol. The van der Waals surface area contributed by atoms with Crippen molar-refractivity contribution in [1.29, 1.82) is 0 Å². The van der Waals surface area contributed by atoms with Crippen LogP contribution in [0.3, 0.4) is 0 Å². The molecule has 90 valence electrons. The highest BCUT2D eigenvalue weighted by Gasteiger charge is 2.03. The first kappa shape index (κ1) is 11.6. The number of nitrogens with zero attached hydrogens (tertiary/aromatic N) is 2. The Labute approximate surface area is 98.8 Å². The van der Waals surface area contributed by atoms with Gasteiger partial charge in [-0.3, -0.25) is 9.36 Å². The lowest BCUT2D eigenvalue weighted by Gasteiger charge is -2.07. The van der Waals surface area contributed by atoms with E-state index in [0.717, 1.165) is 11.8 Å². The number of rotatable bonds is 4. The van der Waals surface area contributed by atoms with Crippen LogP contribution in [0.25, 0.3) is 11.0 Å². The summed E-state index contributed by atoms with van der Waals surface area (Å²) in [6.45, 7) is 1.13. The van der Waals surface area contributed by atoms with Crippen LogP contribution < -0.4 is 16.0 Å². The van der Waals surface area contributed by atoms with Gasteiger partial charge in [-0.05, 0) is 25.1 Å². The second-order valence-electron chi connectivity index (χ2n) is 3.78. The fourth-order valence-corrected chi connectivity index (χ4v) is 1.56. The molecule has 0 saturated heterocycles. The highest BCUT2D eigenvalue weighted by Crippen LogP contribution is 2.14. The first-order valence-corrected chi connectivity index (χ1v) is 5.52. The summed E-state index contributed by atoms with van der Waals surface area (Å²) in [7, 11) is 1.70. The molecule has 2 aromatic heterocycles. The smallest absolute Gasteiger partial charge is 0.251 e. The molecule has 2 N–H and O–H groups in total. The molecule has 2 heterocycles. The second-order valence-corrected chi connectivity index (χ2v) is 3.78. The van der Waals surface area contributed by atoms with E-state index in [0.29, 0.717) is 24.7 Å². The summed E-state index contributed by atoms with van der Waals surface area (Å²) in [5, 5.41) is 0.915. The summed E-state index contributed by atoms with van der Waals surface area (Å²) in [5.74, 6) is 0.521. The molecule has 0 aliphatic rings. The van der Waals surface area contributed by atoms with Gasteiger partial charge in [0, 0.05) is 24.6 Å². The van der Waals surface area contributed by atoms with E-state index in [4.69, 9.17) is 10.5 Å². The van der Waals surface area contributed by atoms with Crippen molar-refractivity contribution in [2.75, 3.05) is 13.2 Å². The molecule has 0 amide bonds. The maximum absolute atomic E-state index is 11.5. The van der Waals surface area contributed by atoms with E-state index in [-0.39, 0.29) is 5.56 Å². The fraction of sp³-hybridized carbons (Fsp3) is 0.333. The van der Waals surface area contributed by atoms with Gasteiger partial charge in [-0.2, -0.15) is 4.98 Å². The van der Waals surface area contributed by atoms with Crippen molar-refractivity contribution in [1.82, 2.24) is 9.55 Å². The van der Waals surface area contributed by atoms with Gasteiger partial charge >= 0.3 is 0 Å². The van der Waals surface area contributed by atoms with Crippen molar-refractivity contribution >= 4 is 11.0 Å². The SMILES string of the molecule is Cn1c(=O)ccc2ccc(OCCCN)nc21. The van der Waals surface area contributed by atoms with Crippen molar-refractivity contribution in [2.45, 2.75) is 6.42 Å². The zero-order valence-electron chi connectivity index (χ0n) is 9.72. The van der Waals surface area contributed by atoms with Crippen LogP contribution >= 0.6 is 0 Å². The topological polar surface area (TPSA) is 70.1 Å². The van der Waals surface area contributed by atoms with Gasteiger partial charge < -0.3 is 10.5 Å². The highest BCUT2D eigenvalue weighted by molar-refractivity contribution is 5.75. The van der Waals surface area contributed by atoms with Crippen LogP contribution in [0.4, 0.5) is 0 Å². The average molecular weight is 233 g/mol. The zero-order chi connectivity index (χ0) is 12.3. The molecule has 0 saturated carbocycles. The van der Waals surface area contributed by atoms with Crippen LogP contribution in [0.5, 0.6) is 5.88 Å². The molecule has 0 radical (unpaired) electrons. The van der Waals surface area contributed by atoms with E-state index in [9.17, 15) is 4.79 Å². The summed E-state index contributed by atoms with van der Waals surface area (Å²) in [5.41, 5.74) is 5.93. The third-order valence-corrected chi connectivity index (χ3v) is 2.53. The summed E-state index contributed by atoms with van der Waals surface area (Å²) < 4.78 is 6.95. The number of aryl methyl sites for hydroxylation is 1. The van der Waals surface area contributed by atoms with Crippen molar-refractivity contribution in [3.05, 3.63) is 34.6 Å². The fourth-order valence-electron chi connectivity index (χ4n) is 1.56. The Hall–Kier alpha value is -1.88. The van der Waals surface area contributed by atoms with Gasteiger partial charge in [0.05, 0.1) is 6.61 Å². The van der Waals surface area contributed by atoms with Gasteiger partial charge in [0.2, 0.25) is 5.88 Å². The number of hydrogen-bond acceptors (Lipinski definition) is 4. The van der Waals surface area contributed by atoms with Crippen LogP contribution in [0.1, 0.15) is 6.42 Å². The molecule has 0 bridgehead atoms. The molecule has 0 aliphatic heterocycles. The Kier molecular flexibility index (Phi) is 3.39. The standard InChI is InChI=1S/C12H15N3O2/c1-15-11(16)6-4-9-3-5-10(14-12(9)15)17-8-2-7-13/h3-6H,2,7-8,13H2,1H3. The lowest BCUT2D eigenvalue weighted by atomic mass is 10.3. The van der Waals surface area contributed by atoms with E-state index in [2.05, 4.69) is 4.98 Å². The molecule has 2 rings (SSSR count). The summed E-state index contributed by atoms with van der Waals surface area (Å²) in [6, 6.07) is 6.97. The van der Waals surface area contributed by atoms with Crippen LogP contribution in [0.2, 0.25) is 0 Å². The Morgan fingerprint density at radius 3 is 2.88 bits per heavy atom. The third kappa shape index (κ3) is 2.45. The van der Waals surface area contributed by atoms with E-state index in [1.54, 1.807) is 19.2 Å². The van der Waals surface area contributed by atoms with E-state index < -0.39 is 0 Å². The van der Waals surface area contributed by atoms with Crippen LogP contribution in [0.15, 0.2) is 29.1 Å². The minimum Gasteiger partial charge on any atom is -0.478 e. The van der Waals surface area contributed by atoms with E-state index >= 15 is 0 Å². The minimum atomic E-state index is -0.0795. The predicted octanol–water partition coefficient (Wildman–Crippen LogP) is 0.661. The lowest BCUT2D eigenvalue weighted by Crippen LogP contribution is -2.16. The van der Waals surface area contributed by atoms with Crippen molar-refractivity contribution in [3.63, 3.8) is 0 Å². The average Bonchev–Trinajstić information content (AvgIpc) is 2.35. The van der Waals surface area contributed by atoms with Crippen LogP contribution in [0, 0.1) is 0 Å². The maximum Gasteiger partial charge on any atom is 0.251 e. The minimum absolute atomic E-state index is 0.0795. The summed E-state index contributed by atoms with van der Waals surface area (Å²) in [6.07, 6.45) is 0.785. The van der Waals surface area contributed by atoms with Gasteiger partial charge in [0.25, 0.3) is 5.56 Å². The first-order chi connectivity index (χ1) is 8.22. The number of hydrogen-bond donors (Lipinski definition) is 1. The number of pyridine rings is 2. The first-order valence-electron chi connectivity index (χ1n) is 5.52. The molecule has 2 aromatic rings. The van der Waals surface area contributed by atoms with Crippen molar-refractivity contribution < 1.29 is 4.74 Å². The molecular weight excluding hydrogens is 218 g/mol. The molecule has 0 unspecified atom stereocenters. The van der Waals surface area contributed by atoms with E-state index in [1.807, 2.05) is 6.07 Å². The Bertz CT molecular complexity index is 577. The van der Waals surface area contributed by atoms with Gasteiger partial charge in [0.15, 0.2) is 0 Å². The van der Waals surface area contributed by atoms with Gasteiger partial charge in [-0.25, -0.2) is 0 Å². The molecule has 0 aliphatic carbocycles. The summed E-state index contributed by atoms with van der Waals surface area (Å²) >= 11 is 0. The van der Waals surface area contributed by atoms with Crippen molar-refractivity contribution in [3.8, 4) is 5.88 Å². The normalized spacial score (nSPS) is 10.7. The summed E-state index contributed by atoms with van der Waals surface area (Å²) in [4.78, 5) is 15.8. The Morgan fingerprint density at radius 1 is 1.35 bits per heavy atom. The number of ether oxygens (including phenoxy) is 1. The number of fused-ring (bicyclic) bond motifs is 1. The zero-order valence-corrected chi connectivity index (χ0v) is 9.72. The quantitative estimate of drug-likeness (QED) is 0.788. The number of aromatic nitrogens is 2. The molecule has 17 heavy (non-hydrogen) atoms. The van der Waals surface area contributed by atoms with E-state index in [1.165, 1.54) is 10.6 Å². The largest absolute Gasteiger partial charge is 0.478 e. The van der Waals surface area contributed by atoms with Crippen LogP contribution in [-0.4, -0.2) is 22.7 Å².